The summed E-state index contributed by atoms with van der Waals surface area (Å²) in [7, 11) is 0. The standard InChI is InChI=1S/C23H18N4O3S/c28-20(26-18-10-5-4-9-17(18)13-16-7-2-1-3-8-16)14-30-23(29)19-15-31-22(27-19)21-24-11-6-12-25-21/h1-12,15H,13-14H2,(H,26,28). The van der Waals surface area contributed by atoms with Gasteiger partial charge in [0.15, 0.2) is 23.1 Å². The quantitative estimate of drug-likeness (QED) is 0.446. The number of amides is 1. The van der Waals surface area contributed by atoms with Gasteiger partial charge in [0, 0.05) is 23.5 Å². The lowest BCUT2D eigenvalue weighted by atomic mass is 10.0. The van der Waals surface area contributed by atoms with Crippen LogP contribution >= 0.6 is 11.3 Å². The molecule has 1 amide bonds. The molecule has 2 aromatic heterocycles. The van der Waals surface area contributed by atoms with Gasteiger partial charge in [-0.15, -0.1) is 11.3 Å². The van der Waals surface area contributed by atoms with Crippen LogP contribution in [0.5, 0.6) is 0 Å². The number of benzene rings is 2. The minimum atomic E-state index is -0.675. The predicted octanol–water partition coefficient (Wildman–Crippen LogP) is 3.99. The third kappa shape index (κ3) is 5.37. The summed E-state index contributed by atoms with van der Waals surface area (Å²) in [5, 5.41) is 4.88. The number of hydrogen-bond acceptors (Lipinski definition) is 7. The predicted molar refractivity (Wildman–Crippen MR) is 118 cm³/mol. The van der Waals surface area contributed by atoms with E-state index in [9.17, 15) is 9.59 Å². The number of para-hydroxylation sites is 1. The van der Waals surface area contributed by atoms with Crippen molar-refractivity contribution in [2.75, 3.05) is 11.9 Å². The second-order valence-corrected chi connectivity index (χ2v) is 7.41. The van der Waals surface area contributed by atoms with E-state index in [1.54, 1.807) is 23.8 Å². The third-order valence-corrected chi connectivity index (χ3v) is 5.17. The Bertz CT molecular complexity index is 1180. The van der Waals surface area contributed by atoms with Crippen molar-refractivity contribution in [1.29, 1.82) is 0 Å². The Balaban J connectivity index is 1.35. The van der Waals surface area contributed by atoms with Gasteiger partial charge in [0.25, 0.3) is 5.91 Å². The highest BCUT2D eigenvalue weighted by Gasteiger charge is 2.16. The number of nitrogens with zero attached hydrogens (tertiary/aromatic N) is 3. The lowest BCUT2D eigenvalue weighted by Gasteiger charge is -2.11. The van der Waals surface area contributed by atoms with Gasteiger partial charge in [0.05, 0.1) is 0 Å². The average Bonchev–Trinajstić information content (AvgIpc) is 3.31. The van der Waals surface area contributed by atoms with E-state index in [2.05, 4.69) is 20.3 Å². The molecule has 0 bridgehead atoms. The van der Waals surface area contributed by atoms with Gasteiger partial charge < -0.3 is 10.1 Å². The van der Waals surface area contributed by atoms with Crippen molar-refractivity contribution in [1.82, 2.24) is 15.0 Å². The van der Waals surface area contributed by atoms with E-state index >= 15 is 0 Å². The SMILES string of the molecule is O=C(COC(=O)c1csc(-c2ncccn2)n1)Nc1ccccc1Cc1ccccc1. The third-order valence-electron chi connectivity index (χ3n) is 4.33. The summed E-state index contributed by atoms with van der Waals surface area (Å²) in [5.41, 5.74) is 2.91. The van der Waals surface area contributed by atoms with Gasteiger partial charge in [-0.05, 0) is 29.7 Å². The van der Waals surface area contributed by atoms with E-state index in [0.29, 0.717) is 22.9 Å². The highest BCUT2D eigenvalue weighted by Crippen LogP contribution is 2.21. The highest BCUT2D eigenvalue weighted by atomic mass is 32.1. The minimum Gasteiger partial charge on any atom is -0.451 e. The fourth-order valence-electron chi connectivity index (χ4n) is 2.88. The van der Waals surface area contributed by atoms with Crippen LogP contribution in [-0.4, -0.2) is 33.4 Å². The topological polar surface area (TPSA) is 94.1 Å². The maximum absolute atomic E-state index is 12.4. The van der Waals surface area contributed by atoms with Crippen molar-refractivity contribution in [3.8, 4) is 10.8 Å². The number of thiazole rings is 1. The number of esters is 1. The first-order chi connectivity index (χ1) is 15.2. The smallest absolute Gasteiger partial charge is 0.358 e. The molecule has 0 atom stereocenters. The van der Waals surface area contributed by atoms with Crippen molar-refractivity contribution in [2.24, 2.45) is 0 Å². The summed E-state index contributed by atoms with van der Waals surface area (Å²) in [6, 6.07) is 19.2. The summed E-state index contributed by atoms with van der Waals surface area (Å²) < 4.78 is 5.12. The van der Waals surface area contributed by atoms with E-state index < -0.39 is 18.5 Å². The number of hydrogen-bond donors (Lipinski definition) is 1. The molecular formula is C23H18N4O3S. The molecular weight excluding hydrogens is 412 g/mol. The minimum absolute atomic E-state index is 0.115. The maximum Gasteiger partial charge on any atom is 0.358 e. The molecule has 31 heavy (non-hydrogen) atoms. The molecule has 4 aromatic rings. The summed E-state index contributed by atoms with van der Waals surface area (Å²) in [6.45, 7) is -0.410. The van der Waals surface area contributed by atoms with E-state index in [0.717, 1.165) is 11.1 Å². The second-order valence-electron chi connectivity index (χ2n) is 6.55. The maximum atomic E-state index is 12.4. The molecule has 8 heteroatoms. The Morgan fingerprint density at radius 3 is 2.48 bits per heavy atom. The van der Waals surface area contributed by atoms with Crippen molar-refractivity contribution < 1.29 is 14.3 Å². The zero-order chi connectivity index (χ0) is 21.5. The first-order valence-electron chi connectivity index (χ1n) is 9.51. The number of aromatic nitrogens is 3. The van der Waals surface area contributed by atoms with Crippen LogP contribution in [0.3, 0.4) is 0 Å². The van der Waals surface area contributed by atoms with Gasteiger partial charge in [0.2, 0.25) is 0 Å². The lowest BCUT2D eigenvalue weighted by molar-refractivity contribution is -0.119. The molecule has 0 fully saturated rings. The molecule has 0 saturated heterocycles. The highest BCUT2D eigenvalue weighted by molar-refractivity contribution is 7.13. The number of ether oxygens (including phenoxy) is 1. The number of nitrogens with one attached hydrogen (secondary N) is 1. The molecule has 0 saturated carbocycles. The van der Waals surface area contributed by atoms with Crippen LogP contribution in [0.25, 0.3) is 10.8 Å². The largest absolute Gasteiger partial charge is 0.451 e. The van der Waals surface area contributed by atoms with Crippen LogP contribution in [0, 0.1) is 0 Å². The Kier molecular flexibility index (Phi) is 6.39. The van der Waals surface area contributed by atoms with Gasteiger partial charge in [0.1, 0.15) is 0 Å². The summed E-state index contributed by atoms with van der Waals surface area (Å²) in [4.78, 5) is 37.0. The van der Waals surface area contributed by atoms with E-state index in [1.807, 2.05) is 54.6 Å². The molecule has 0 aliphatic carbocycles. The van der Waals surface area contributed by atoms with Gasteiger partial charge in [-0.1, -0.05) is 48.5 Å². The van der Waals surface area contributed by atoms with Gasteiger partial charge in [-0.2, -0.15) is 0 Å². The molecule has 154 valence electrons. The monoisotopic (exact) mass is 430 g/mol. The molecule has 2 aromatic carbocycles. The average molecular weight is 430 g/mol. The normalized spacial score (nSPS) is 10.5. The van der Waals surface area contributed by atoms with Crippen molar-refractivity contribution in [3.05, 3.63) is 95.3 Å². The van der Waals surface area contributed by atoms with Gasteiger partial charge in [-0.25, -0.2) is 19.7 Å². The Morgan fingerprint density at radius 1 is 0.935 bits per heavy atom. The Morgan fingerprint density at radius 2 is 1.68 bits per heavy atom. The molecule has 0 aliphatic rings. The first kappa shape index (κ1) is 20.4. The van der Waals surface area contributed by atoms with E-state index in [1.165, 1.54) is 11.3 Å². The van der Waals surface area contributed by atoms with Gasteiger partial charge in [-0.3, -0.25) is 4.79 Å². The number of rotatable bonds is 7. The Labute approximate surface area is 182 Å². The van der Waals surface area contributed by atoms with E-state index in [4.69, 9.17) is 4.74 Å². The molecule has 0 spiro atoms. The van der Waals surface area contributed by atoms with Crippen molar-refractivity contribution >= 4 is 28.9 Å². The van der Waals surface area contributed by atoms with Crippen molar-refractivity contribution in [2.45, 2.75) is 6.42 Å². The molecule has 0 aliphatic heterocycles. The molecule has 0 unspecified atom stereocenters. The second kappa shape index (κ2) is 9.73. The van der Waals surface area contributed by atoms with Crippen LogP contribution < -0.4 is 5.32 Å². The van der Waals surface area contributed by atoms with E-state index in [-0.39, 0.29) is 5.69 Å². The number of anilines is 1. The van der Waals surface area contributed by atoms with Crippen LogP contribution in [0.4, 0.5) is 5.69 Å². The van der Waals surface area contributed by atoms with Crippen LogP contribution in [0.2, 0.25) is 0 Å². The molecule has 4 rings (SSSR count). The fourth-order valence-corrected chi connectivity index (χ4v) is 3.62. The molecule has 7 nitrogen and oxygen atoms in total. The van der Waals surface area contributed by atoms with Gasteiger partial charge >= 0.3 is 5.97 Å². The summed E-state index contributed by atoms with van der Waals surface area (Å²) in [5.74, 6) is -0.666. The number of carbonyl (C=O) groups excluding carboxylic acids is 2. The summed E-state index contributed by atoms with van der Waals surface area (Å²) >= 11 is 1.23. The van der Waals surface area contributed by atoms with Crippen LogP contribution in [0.1, 0.15) is 21.6 Å². The Hall–Kier alpha value is -3.91. The van der Waals surface area contributed by atoms with Crippen LogP contribution in [-0.2, 0) is 16.0 Å². The molecule has 1 N–H and O–H groups in total. The van der Waals surface area contributed by atoms with Crippen molar-refractivity contribution in [3.63, 3.8) is 0 Å². The fraction of sp³-hybridized carbons (Fsp3) is 0.0870. The first-order valence-corrected chi connectivity index (χ1v) is 10.4. The summed E-state index contributed by atoms with van der Waals surface area (Å²) in [6.07, 6.45) is 3.88. The van der Waals surface area contributed by atoms with Crippen LogP contribution in [0.15, 0.2) is 78.4 Å². The molecule has 2 heterocycles. The number of carbonyl (C=O) groups is 2. The lowest BCUT2D eigenvalue weighted by Crippen LogP contribution is -2.21. The zero-order valence-electron chi connectivity index (χ0n) is 16.4. The molecule has 0 radical (unpaired) electrons. The zero-order valence-corrected chi connectivity index (χ0v) is 17.2.